The van der Waals surface area contributed by atoms with Gasteiger partial charge >= 0.3 is 0 Å². The molecule has 17 heavy (non-hydrogen) atoms. The van der Waals surface area contributed by atoms with Gasteiger partial charge in [-0.25, -0.2) is 0 Å². The molecule has 2 aromatic rings. The third-order valence-electron chi connectivity index (χ3n) is 2.73. The van der Waals surface area contributed by atoms with Crippen LogP contribution in [0.4, 0.5) is 0 Å². The number of benzene rings is 1. The number of halogens is 1. The largest absolute Gasteiger partial charge is 0.272 e. The van der Waals surface area contributed by atoms with Gasteiger partial charge in [0.15, 0.2) is 0 Å². The molecule has 1 heterocycles. The Morgan fingerprint density at radius 1 is 1.29 bits per heavy atom. The summed E-state index contributed by atoms with van der Waals surface area (Å²) >= 11 is 5.98. The van der Waals surface area contributed by atoms with E-state index in [9.17, 15) is 0 Å². The zero-order valence-electron chi connectivity index (χ0n) is 10.2. The maximum Gasteiger partial charge on any atom is 0.0568 e. The van der Waals surface area contributed by atoms with Crippen molar-refractivity contribution in [3.8, 4) is 11.1 Å². The van der Waals surface area contributed by atoms with Crippen LogP contribution < -0.4 is 0 Å². The summed E-state index contributed by atoms with van der Waals surface area (Å²) in [6, 6.07) is 7.86. The van der Waals surface area contributed by atoms with Crippen LogP contribution in [-0.2, 0) is 6.54 Å². The molecule has 0 bridgehead atoms. The van der Waals surface area contributed by atoms with E-state index in [-0.39, 0.29) is 0 Å². The lowest BCUT2D eigenvalue weighted by Gasteiger charge is -2.03. The highest BCUT2D eigenvalue weighted by molar-refractivity contribution is 6.30. The van der Waals surface area contributed by atoms with Crippen molar-refractivity contribution in [2.45, 2.75) is 26.8 Å². The van der Waals surface area contributed by atoms with Crippen LogP contribution in [0.2, 0.25) is 5.02 Å². The Kier molecular flexibility index (Phi) is 3.85. The summed E-state index contributed by atoms with van der Waals surface area (Å²) in [5.74, 6) is 0.703. The summed E-state index contributed by atoms with van der Waals surface area (Å²) in [6.45, 7) is 5.42. The smallest absolute Gasteiger partial charge is 0.0568 e. The SMILES string of the molecule is CC(C)CCn1cc(-c2cccc(Cl)c2)cn1. The summed E-state index contributed by atoms with van der Waals surface area (Å²) in [5.41, 5.74) is 2.24. The molecule has 2 nitrogen and oxygen atoms in total. The number of rotatable bonds is 4. The topological polar surface area (TPSA) is 17.8 Å². The Morgan fingerprint density at radius 2 is 2.12 bits per heavy atom. The molecule has 0 fully saturated rings. The summed E-state index contributed by atoms with van der Waals surface area (Å²) in [6.07, 6.45) is 5.12. The predicted octanol–water partition coefficient (Wildman–Crippen LogP) is 4.25. The molecule has 0 radical (unpaired) electrons. The number of hydrogen-bond acceptors (Lipinski definition) is 1. The number of aromatic nitrogens is 2. The Labute approximate surface area is 107 Å². The fourth-order valence-electron chi connectivity index (χ4n) is 1.69. The van der Waals surface area contributed by atoms with Gasteiger partial charge < -0.3 is 0 Å². The molecular weight excluding hydrogens is 232 g/mol. The molecule has 0 aliphatic heterocycles. The molecule has 0 saturated heterocycles. The van der Waals surface area contributed by atoms with Crippen LogP contribution in [0.15, 0.2) is 36.7 Å². The van der Waals surface area contributed by atoms with Crippen LogP contribution in [-0.4, -0.2) is 9.78 Å². The normalized spacial score (nSPS) is 11.1. The van der Waals surface area contributed by atoms with E-state index in [4.69, 9.17) is 11.6 Å². The van der Waals surface area contributed by atoms with E-state index in [0.29, 0.717) is 5.92 Å². The first kappa shape index (κ1) is 12.2. The van der Waals surface area contributed by atoms with Crippen molar-refractivity contribution >= 4 is 11.6 Å². The molecular formula is C14H17ClN2. The van der Waals surface area contributed by atoms with Gasteiger partial charge in [0, 0.05) is 23.3 Å². The highest BCUT2D eigenvalue weighted by atomic mass is 35.5. The van der Waals surface area contributed by atoms with Crippen LogP contribution in [0.25, 0.3) is 11.1 Å². The standard InChI is InChI=1S/C14H17ClN2/c1-11(2)6-7-17-10-13(9-16-17)12-4-3-5-14(15)8-12/h3-5,8-11H,6-7H2,1-2H3. The second kappa shape index (κ2) is 5.37. The summed E-state index contributed by atoms with van der Waals surface area (Å²) in [5, 5.41) is 5.13. The number of aryl methyl sites for hydroxylation is 1. The Hall–Kier alpha value is -1.28. The minimum atomic E-state index is 0.703. The first-order valence-corrected chi connectivity index (χ1v) is 6.31. The molecule has 0 saturated carbocycles. The molecule has 3 heteroatoms. The summed E-state index contributed by atoms with van der Waals surface area (Å²) in [4.78, 5) is 0. The van der Waals surface area contributed by atoms with E-state index >= 15 is 0 Å². The van der Waals surface area contributed by atoms with Gasteiger partial charge in [-0.15, -0.1) is 0 Å². The van der Waals surface area contributed by atoms with Crippen LogP contribution in [0.5, 0.6) is 0 Å². The van der Waals surface area contributed by atoms with Gasteiger partial charge in [-0.2, -0.15) is 5.10 Å². The molecule has 1 aromatic heterocycles. The van der Waals surface area contributed by atoms with Crippen LogP contribution in [0, 0.1) is 5.92 Å². The lowest BCUT2D eigenvalue weighted by molar-refractivity contribution is 0.487. The zero-order chi connectivity index (χ0) is 12.3. The Bertz CT molecular complexity index is 488. The predicted molar refractivity (Wildman–Crippen MR) is 72.1 cm³/mol. The fraction of sp³-hybridized carbons (Fsp3) is 0.357. The monoisotopic (exact) mass is 248 g/mol. The second-order valence-electron chi connectivity index (χ2n) is 4.68. The third kappa shape index (κ3) is 3.34. The van der Waals surface area contributed by atoms with Gasteiger partial charge in [0.1, 0.15) is 0 Å². The minimum Gasteiger partial charge on any atom is -0.272 e. The van der Waals surface area contributed by atoms with Gasteiger partial charge in [-0.05, 0) is 30.0 Å². The van der Waals surface area contributed by atoms with E-state index in [2.05, 4.69) is 31.2 Å². The minimum absolute atomic E-state index is 0.703. The van der Waals surface area contributed by atoms with Crippen molar-refractivity contribution in [3.63, 3.8) is 0 Å². The first-order chi connectivity index (χ1) is 8.15. The molecule has 0 atom stereocenters. The average Bonchev–Trinajstić information content (AvgIpc) is 2.75. The van der Waals surface area contributed by atoms with E-state index in [1.54, 1.807) is 0 Å². The molecule has 0 aliphatic carbocycles. The highest BCUT2D eigenvalue weighted by Crippen LogP contribution is 2.22. The zero-order valence-corrected chi connectivity index (χ0v) is 11.0. The number of nitrogens with zero attached hydrogens (tertiary/aromatic N) is 2. The van der Waals surface area contributed by atoms with E-state index in [1.165, 1.54) is 0 Å². The van der Waals surface area contributed by atoms with Gasteiger partial charge in [-0.1, -0.05) is 37.6 Å². The van der Waals surface area contributed by atoms with E-state index in [1.807, 2.05) is 29.1 Å². The maximum atomic E-state index is 5.98. The molecule has 2 rings (SSSR count). The van der Waals surface area contributed by atoms with Crippen molar-refractivity contribution in [2.75, 3.05) is 0 Å². The van der Waals surface area contributed by atoms with Crippen molar-refractivity contribution in [1.29, 1.82) is 0 Å². The molecule has 0 spiro atoms. The number of hydrogen-bond donors (Lipinski definition) is 0. The van der Waals surface area contributed by atoms with Crippen LogP contribution in [0.1, 0.15) is 20.3 Å². The highest BCUT2D eigenvalue weighted by Gasteiger charge is 2.03. The van der Waals surface area contributed by atoms with Crippen molar-refractivity contribution in [1.82, 2.24) is 9.78 Å². The van der Waals surface area contributed by atoms with Crippen molar-refractivity contribution in [3.05, 3.63) is 41.7 Å². The lowest BCUT2D eigenvalue weighted by atomic mass is 10.1. The van der Waals surface area contributed by atoms with Crippen molar-refractivity contribution < 1.29 is 0 Å². The van der Waals surface area contributed by atoms with Crippen molar-refractivity contribution in [2.24, 2.45) is 5.92 Å². The molecule has 0 unspecified atom stereocenters. The van der Waals surface area contributed by atoms with Gasteiger partial charge in [0.05, 0.1) is 6.20 Å². The first-order valence-electron chi connectivity index (χ1n) is 5.93. The quantitative estimate of drug-likeness (QED) is 0.791. The van der Waals surface area contributed by atoms with E-state index < -0.39 is 0 Å². The molecule has 0 amide bonds. The second-order valence-corrected chi connectivity index (χ2v) is 5.12. The summed E-state index contributed by atoms with van der Waals surface area (Å²) in [7, 11) is 0. The third-order valence-corrected chi connectivity index (χ3v) is 2.96. The van der Waals surface area contributed by atoms with Gasteiger partial charge in [-0.3, -0.25) is 4.68 Å². The van der Waals surface area contributed by atoms with Crippen LogP contribution >= 0.6 is 11.6 Å². The van der Waals surface area contributed by atoms with Gasteiger partial charge in [0.25, 0.3) is 0 Å². The average molecular weight is 249 g/mol. The maximum absolute atomic E-state index is 5.98. The lowest BCUT2D eigenvalue weighted by Crippen LogP contribution is -2.01. The molecule has 90 valence electrons. The molecule has 1 aromatic carbocycles. The fourth-order valence-corrected chi connectivity index (χ4v) is 1.88. The molecule has 0 N–H and O–H groups in total. The molecule has 0 aliphatic rings. The van der Waals surface area contributed by atoms with Crippen LogP contribution in [0.3, 0.4) is 0 Å². The van der Waals surface area contributed by atoms with Gasteiger partial charge in [0.2, 0.25) is 0 Å². The Morgan fingerprint density at radius 3 is 2.82 bits per heavy atom. The summed E-state index contributed by atoms with van der Waals surface area (Å²) < 4.78 is 2.00. The Balaban J connectivity index is 2.12. The van der Waals surface area contributed by atoms with E-state index in [0.717, 1.165) is 29.1 Å².